The second-order valence-corrected chi connectivity index (χ2v) is 5.78. The first-order valence-corrected chi connectivity index (χ1v) is 8.33. The zero-order valence-electron chi connectivity index (χ0n) is 15.4. The Morgan fingerprint density at radius 3 is 2.38 bits per heavy atom. The van der Waals surface area contributed by atoms with Crippen LogP contribution >= 0.6 is 0 Å². The fourth-order valence-corrected chi connectivity index (χ4v) is 2.19. The molecule has 0 aliphatic rings. The van der Waals surface area contributed by atoms with Gasteiger partial charge in [0.25, 0.3) is 0 Å². The topological polar surface area (TPSA) is 69.2 Å². The largest absolute Gasteiger partial charge is 0.465 e. The second kappa shape index (κ2) is 10.6. The SMILES string of the molecule is CCC(C)c1ccc(OC(C)OCCNC(O)(COC)OC)cc1. The summed E-state index contributed by atoms with van der Waals surface area (Å²) in [5.41, 5.74) is 1.31. The van der Waals surface area contributed by atoms with Gasteiger partial charge in [-0.3, -0.25) is 5.32 Å². The molecule has 1 aromatic carbocycles. The molecule has 0 saturated heterocycles. The van der Waals surface area contributed by atoms with E-state index in [2.05, 4.69) is 31.3 Å². The van der Waals surface area contributed by atoms with E-state index in [1.54, 1.807) is 0 Å². The van der Waals surface area contributed by atoms with Crippen LogP contribution in [0.1, 0.15) is 38.7 Å². The molecule has 138 valence electrons. The zero-order chi connectivity index (χ0) is 18.0. The minimum atomic E-state index is -1.51. The van der Waals surface area contributed by atoms with E-state index < -0.39 is 5.91 Å². The molecule has 0 amide bonds. The summed E-state index contributed by atoms with van der Waals surface area (Å²) >= 11 is 0. The van der Waals surface area contributed by atoms with Gasteiger partial charge in [0.15, 0.2) is 6.29 Å². The molecule has 0 aliphatic heterocycles. The molecule has 0 heterocycles. The molecule has 0 bridgehead atoms. The Morgan fingerprint density at radius 1 is 1.17 bits per heavy atom. The Balaban J connectivity index is 2.32. The molecule has 3 unspecified atom stereocenters. The number of rotatable bonds is 12. The zero-order valence-corrected chi connectivity index (χ0v) is 15.4. The summed E-state index contributed by atoms with van der Waals surface area (Å²) in [7, 11) is 2.90. The molecular formula is C18H31NO5. The molecular weight excluding hydrogens is 310 g/mol. The van der Waals surface area contributed by atoms with Gasteiger partial charge in [-0.15, -0.1) is 0 Å². The molecule has 0 aliphatic carbocycles. The van der Waals surface area contributed by atoms with E-state index in [-0.39, 0.29) is 12.9 Å². The van der Waals surface area contributed by atoms with Crippen LogP contribution in [0.15, 0.2) is 24.3 Å². The number of benzene rings is 1. The van der Waals surface area contributed by atoms with Crippen molar-refractivity contribution >= 4 is 0 Å². The van der Waals surface area contributed by atoms with Crippen LogP contribution in [0.3, 0.4) is 0 Å². The molecule has 0 aromatic heterocycles. The highest BCUT2D eigenvalue weighted by molar-refractivity contribution is 5.29. The lowest BCUT2D eigenvalue weighted by Gasteiger charge is -2.26. The Bertz CT molecular complexity index is 453. The van der Waals surface area contributed by atoms with Crippen LogP contribution in [0.5, 0.6) is 5.75 Å². The number of nitrogens with one attached hydrogen (secondary N) is 1. The van der Waals surface area contributed by atoms with E-state index in [1.165, 1.54) is 19.8 Å². The maximum atomic E-state index is 9.97. The van der Waals surface area contributed by atoms with Gasteiger partial charge in [-0.1, -0.05) is 26.0 Å². The number of hydrogen-bond acceptors (Lipinski definition) is 6. The van der Waals surface area contributed by atoms with Crippen molar-refractivity contribution in [2.75, 3.05) is 34.0 Å². The van der Waals surface area contributed by atoms with Crippen molar-refractivity contribution in [3.05, 3.63) is 29.8 Å². The van der Waals surface area contributed by atoms with Crippen LogP contribution in [0.25, 0.3) is 0 Å². The summed E-state index contributed by atoms with van der Waals surface area (Å²) in [5.74, 6) is -0.186. The lowest BCUT2D eigenvalue weighted by atomic mass is 9.99. The van der Waals surface area contributed by atoms with E-state index in [0.717, 1.165) is 12.2 Å². The van der Waals surface area contributed by atoms with Crippen molar-refractivity contribution in [1.29, 1.82) is 0 Å². The van der Waals surface area contributed by atoms with Gasteiger partial charge in [0.05, 0.1) is 6.61 Å². The summed E-state index contributed by atoms with van der Waals surface area (Å²) in [6.07, 6.45) is 0.725. The van der Waals surface area contributed by atoms with Crippen LogP contribution in [0.2, 0.25) is 0 Å². The van der Waals surface area contributed by atoms with Gasteiger partial charge in [-0.05, 0) is 37.0 Å². The fraction of sp³-hybridized carbons (Fsp3) is 0.667. The molecule has 1 aromatic rings. The van der Waals surface area contributed by atoms with Gasteiger partial charge in [-0.25, -0.2) is 0 Å². The molecule has 6 heteroatoms. The first-order valence-electron chi connectivity index (χ1n) is 8.33. The summed E-state index contributed by atoms with van der Waals surface area (Å²) in [6, 6.07) is 8.09. The third kappa shape index (κ3) is 7.15. The number of aliphatic hydroxyl groups is 1. The van der Waals surface area contributed by atoms with Crippen molar-refractivity contribution in [2.45, 2.75) is 45.3 Å². The lowest BCUT2D eigenvalue weighted by molar-refractivity contribution is -0.235. The molecule has 24 heavy (non-hydrogen) atoms. The minimum absolute atomic E-state index is 0.0259. The van der Waals surface area contributed by atoms with E-state index >= 15 is 0 Å². The maximum absolute atomic E-state index is 9.97. The molecule has 3 atom stereocenters. The predicted octanol–water partition coefficient (Wildman–Crippen LogP) is 2.47. The van der Waals surface area contributed by atoms with E-state index in [9.17, 15) is 5.11 Å². The lowest BCUT2D eigenvalue weighted by Crippen LogP contribution is -2.51. The molecule has 1 rings (SSSR count). The molecule has 0 radical (unpaired) electrons. The average Bonchev–Trinajstić information content (AvgIpc) is 2.59. The minimum Gasteiger partial charge on any atom is -0.465 e. The van der Waals surface area contributed by atoms with Gasteiger partial charge < -0.3 is 24.1 Å². The Hall–Kier alpha value is -1.18. The molecule has 0 spiro atoms. The van der Waals surface area contributed by atoms with Crippen LogP contribution in [0.4, 0.5) is 0 Å². The van der Waals surface area contributed by atoms with E-state index in [4.69, 9.17) is 18.9 Å². The molecule has 0 saturated carbocycles. The monoisotopic (exact) mass is 341 g/mol. The quantitative estimate of drug-likeness (QED) is 0.450. The van der Waals surface area contributed by atoms with Crippen molar-refractivity contribution in [3.8, 4) is 5.75 Å². The second-order valence-electron chi connectivity index (χ2n) is 5.78. The molecule has 6 nitrogen and oxygen atoms in total. The van der Waals surface area contributed by atoms with E-state index in [0.29, 0.717) is 19.1 Å². The third-order valence-electron chi connectivity index (χ3n) is 3.90. The van der Waals surface area contributed by atoms with Gasteiger partial charge in [-0.2, -0.15) is 0 Å². The van der Waals surface area contributed by atoms with Gasteiger partial charge >= 0.3 is 0 Å². The van der Waals surface area contributed by atoms with Crippen molar-refractivity contribution in [2.24, 2.45) is 0 Å². The van der Waals surface area contributed by atoms with Crippen LogP contribution in [-0.4, -0.2) is 51.3 Å². The van der Waals surface area contributed by atoms with Crippen LogP contribution in [0, 0.1) is 0 Å². The fourth-order valence-electron chi connectivity index (χ4n) is 2.19. The molecule has 0 fully saturated rings. The smallest absolute Gasteiger partial charge is 0.249 e. The highest BCUT2D eigenvalue weighted by Gasteiger charge is 2.25. The average molecular weight is 341 g/mol. The molecule has 2 N–H and O–H groups in total. The Morgan fingerprint density at radius 2 is 1.83 bits per heavy atom. The van der Waals surface area contributed by atoms with Crippen molar-refractivity contribution in [3.63, 3.8) is 0 Å². The summed E-state index contributed by atoms with van der Waals surface area (Å²) in [6.45, 7) is 7.00. The number of hydrogen-bond donors (Lipinski definition) is 2. The van der Waals surface area contributed by atoms with Gasteiger partial charge in [0, 0.05) is 20.8 Å². The van der Waals surface area contributed by atoms with Gasteiger partial charge in [0.2, 0.25) is 5.91 Å². The van der Waals surface area contributed by atoms with Gasteiger partial charge in [0.1, 0.15) is 12.4 Å². The van der Waals surface area contributed by atoms with Crippen molar-refractivity contribution in [1.82, 2.24) is 5.32 Å². The third-order valence-corrected chi connectivity index (χ3v) is 3.90. The van der Waals surface area contributed by atoms with Crippen molar-refractivity contribution < 1.29 is 24.1 Å². The highest BCUT2D eigenvalue weighted by atomic mass is 16.7. The standard InChI is InChI=1S/C18H31NO5/c1-6-14(2)16-7-9-17(10-8-16)24-15(3)23-12-11-19-18(20,22-5)13-21-4/h7-10,14-15,19-20H,6,11-13H2,1-5H3. The maximum Gasteiger partial charge on any atom is 0.249 e. The summed E-state index contributed by atoms with van der Waals surface area (Å²) in [4.78, 5) is 0. The highest BCUT2D eigenvalue weighted by Crippen LogP contribution is 2.22. The Labute approximate surface area is 145 Å². The van der Waals surface area contributed by atoms with Crippen LogP contribution < -0.4 is 10.1 Å². The van der Waals surface area contributed by atoms with E-state index in [1.807, 2.05) is 19.1 Å². The summed E-state index contributed by atoms with van der Waals surface area (Å²) < 4.78 is 21.1. The Kier molecular flexibility index (Phi) is 9.25. The number of methoxy groups -OCH3 is 2. The summed E-state index contributed by atoms with van der Waals surface area (Å²) in [5, 5.41) is 12.8. The predicted molar refractivity (Wildman–Crippen MR) is 93.0 cm³/mol. The normalized spacial score (nSPS) is 16.4. The first kappa shape index (κ1) is 20.9. The number of ether oxygens (including phenoxy) is 4. The first-order chi connectivity index (χ1) is 11.4. The van der Waals surface area contributed by atoms with Crippen LogP contribution in [-0.2, 0) is 14.2 Å².